The number of carbonyl (C=O) groups is 1. The molecule has 3 rings (SSSR count). The van der Waals surface area contributed by atoms with E-state index in [9.17, 15) is 14.9 Å². The third kappa shape index (κ3) is 4.53. The predicted molar refractivity (Wildman–Crippen MR) is 104 cm³/mol. The van der Waals surface area contributed by atoms with Crippen LogP contribution in [0.1, 0.15) is 17.3 Å². The van der Waals surface area contributed by atoms with E-state index in [-0.39, 0.29) is 11.6 Å². The second-order valence-corrected chi connectivity index (χ2v) is 6.11. The van der Waals surface area contributed by atoms with Crippen molar-refractivity contribution in [3.63, 3.8) is 0 Å². The van der Waals surface area contributed by atoms with Crippen molar-refractivity contribution in [2.24, 2.45) is 0 Å². The van der Waals surface area contributed by atoms with Crippen LogP contribution in [0.3, 0.4) is 0 Å². The summed E-state index contributed by atoms with van der Waals surface area (Å²) in [7, 11) is 0. The Labute approximate surface area is 157 Å². The van der Waals surface area contributed by atoms with Gasteiger partial charge in [0.1, 0.15) is 11.4 Å². The Hall–Kier alpha value is -3.13. The normalized spacial score (nSPS) is 13.9. The molecule has 1 saturated heterocycles. The first-order valence-corrected chi connectivity index (χ1v) is 8.87. The number of nitro groups is 1. The van der Waals surface area contributed by atoms with Crippen molar-refractivity contribution in [2.45, 2.75) is 6.92 Å². The number of rotatable bonds is 6. The van der Waals surface area contributed by atoms with Crippen LogP contribution in [-0.2, 0) is 0 Å². The Bertz CT molecular complexity index is 817. The van der Waals surface area contributed by atoms with Crippen LogP contribution in [0.25, 0.3) is 0 Å². The smallest absolute Gasteiger partial charge is 0.294 e. The molecule has 2 N–H and O–H groups in total. The highest BCUT2D eigenvalue weighted by Crippen LogP contribution is 2.31. The largest absolute Gasteiger partial charge is 0.494 e. The van der Waals surface area contributed by atoms with Crippen LogP contribution < -0.4 is 20.3 Å². The van der Waals surface area contributed by atoms with E-state index >= 15 is 0 Å². The molecular formula is C19H22N4O4. The van der Waals surface area contributed by atoms with Crippen molar-refractivity contribution in [1.29, 1.82) is 0 Å². The number of amides is 1. The van der Waals surface area contributed by atoms with Crippen molar-refractivity contribution in [3.8, 4) is 5.75 Å². The molecule has 8 heteroatoms. The second kappa shape index (κ2) is 8.50. The van der Waals surface area contributed by atoms with Crippen LogP contribution >= 0.6 is 0 Å². The van der Waals surface area contributed by atoms with Gasteiger partial charge in [0.25, 0.3) is 11.6 Å². The Morgan fingerprint density at radius 1 is 1.22 bits per heavy atom. The van der Waals surface area contributed by atoms with Gasteiger partial charge in [-0.05, 0) is 43.3 Å². The van der Waals surface area contributed by atoms with E-state index < -0.39 is 4.92 Å². The van der Waals surface area contributed by atoms with E-state index in [1.54, 1.807) is 36.4 Å². The van der Waals surface area contributed by atoms with Gasteiger partial charge in [-0.25, -0.2) is 0 Å². The van der Waals surface area contributed by atoms with Gasteiger partial charge >= 0.3 is 0 Å². The van der Waals surface area contributed by atoms with E-state index in [1.165, 1.54) is 6.07 Å². The standard InChI is InChI=1S/C19H22N4O4/c1-2-27-16-6-3-14(4-7-16)19(24)21-15-5-8-17(18(13-15)23(25)26)22-11-9-20-10-12-22/h3-8,13,20H,2,9-12H2,1H3,(H,21,24). The molecule has 0 aliphatic carbocycles. The maximum Gasteiger partial charge on any atom is 0.294 e. The van der Waals surface area contributed by atoms with Crippen LogP contribution in [0, 0.1) is 10.1 Å². The fourth-order valence-electron chi connectivity index (χ4n) is 2.99. The third-order valence-corrected chi connectivity index (χ3v) is 4.32. The van der Waals surface area contributed by atoms with E-state index in [1.807, 2.05) is 11.8 Å². The fraction of sp³-hybridized carbons (Fsp3) is 0.316. The first-order valence-electron chi connectivity index (χ1n) is 8.87. The molecule has 1 heterocycles. The summed E-state index contributed by atoms with van der Waals surface area (Å²) in [4.78, 5) is 25.5. The molecular weight excluding hydrogens is 348 g/mol. The quantitative estimate of drug-likeness (QED) is 0.599. The number of anilines is 2. The highest BCUT2D eigenvalue weighted by atomic mass is 16.6. The lowest BCUT2D eigenvalue weighted by molar-refractivity contribution is -0.384. The summed E-state index contributed by atoms with van der Waals surface area (Å²) in [6.45, 7) is 5.42. The lowest BCUT2D eigenvalue weighted by Crippen LogP contribution is -2.43. The molecule has 2 aromatic carbocycles. The molecule has 2 aromatic rings. The molecule has 0 aromatic heterocycles. The van der Waals surface area contributed by atoms with Gasteiger partial charge in [-0.15, -0.1) is 0 Å². The van der Waals surface area contributed by atoms with Crippen molar-refractivity contribution in [1.82, 2.24) is 5.32 Å². The van der Waals surface area contributed by atoms with Crippen molar-refractivity contribution in [2.75, 3.05) is 43.0 Å². The average molecular weight is 370 g/mol. The van der Waals surface area contributed by atoms with Gasteiger partial charge in [0.15, 0.2) is 0 Å². The molecule has 1 aliphatic rings. The number of ether oxygens (including phenoxy) is 1. The van der Waals surface area contributed by atoms with Crippen molar-refractivity contribution < 1.29 is 14.5 Å². The maximum atomic E-state index is 12.4. The number of hydrogen-bond acceptors (Lipinski definition) is 6. The molecule has 142 valence electrons. The predicted octanol–water partition coefficient (Wildman–Crippen LogP) is 2.66. The highest BCUT2D eigenvalue weighted by molar-refractivity contribution is 6.04. The summed E-state index contributed by atoms with van der Waals surface area (Å²) in [6, 6.07) is 11.5. The summed E-state index contributed by atoms with van der Waals surface area (Å²) >= 11 is 0. The molecule has 1 aliphatic heterocycles. The van der Waals surface area contributed by atoms with Crippen molar-refractivity contribution in [3.05, 3.63) is 58.1 Å². The van der Waals surface area contributed by atoms with Crippen LogP contribution in [0.4, 0.5) is 17.1 Å². The second-order valence-electron chi connectivity index (χ2n) is 6.11. The number of nitrogens with zero attached hydrogens (tertiary/aromatic N) is 2. The van der Waals surface area contributed by atoms with Crippen LogP contribution in [0.15, 0.2) is 42.5 Å². The molecule has 0 radical (unpaired) electrons. The number of hydrogen-bond donors (Lipinski definition) is 2. The van der Waals surface area contributed by atoms with Gasteiger partial charge < -0.3 is 20.3 Å². The first-order chi connectivity index (χ1) is 13.1. The maximum absolute atomic E-state index is 12.4. The zero-order valence-electron chi connectivity index (χ0n) is 15.1. The molecule has 0 saturated carbocycles. The molecule has 8 nitrogen and oxygen atoms in total. The molecule has 27 heavy (non-hydrogen) atoms. The Kier molecular flexibility index (Phi) is 5.87. The number of nitrogens with one attached hydrogen (secondary N) is 2. The van der Waals surface area contributed by atoms with E-state index in [4.69, 9.17) is 4.74 Å². The molecule has 0 unspecified atom stereocenters. The Morgan fingerprint density at radius 3 is 2.56 bits per heavy atom. The molecule has 1 amide bonds. The lowest BCUT2D eigenvalue weighted by Gasteiger charge is -2.29. The van der Waals surface area contributed by atoms with E-state index in [2.05, 4.69) is 10.6 Å². The lowest BCUT2D eigenvalue weighted by atomic mass is 10.1. The summed E-state index contributed by atoms with van der Waals surface area (Å²) in [5, 5.41) is 17.5. The Balaban J connectivity index is 1.77. The molecule has 1 fully saturated rings. The van der Waals surface area contributed by atoms with Gasteiger partial charge in [0, 0.05) is 43.5 Å². The fourth-order valence-corrected chi connectivity index (χ4v) is 2.99. The topological polar surface area (TPSA) is 96.7 Å². The highest BCUT2D eigenvalue weighted by Gasteiger charge is 2.22. The minimum absolute atomic E-state index is 0.0126. The summed E-state index contributed by atoms with van der Waals surface area (Å²) in [5.41, 5.74) is 1.40. The van der Waals surface area contributed by atoms with Gasteiger partial charge in [0.2, 0.25) is 0 Å². The first kappa shape index (κ1) is 18.7. The SMILES string of the molecule is CCOc1ccc(C(=O)Nc2ccc(N3CCNCC3)c([N+](=O)[O-])c2)cc1. The molecule has 0 bridgehead atoms. The Morgan fingerprint density at radius 2 is 1.93 bits per heavy atom. The number of nitro benzene ring substituents is 1. The average Bonchev–Trinajstić information content (AvgIpc) is 2.69. The minimum atomic E-state index is -0.413. The van der Waals surface area contributed by atoms with Crippen LogP contribution in [0.2, 0.25) is 0 Å². The summed E-state index contributed by atoms with van der Waals surface area (Å²) < 4.78 is 5.36. The van der Waals surface area contributed by atoms with Gasteiger partial charge in [-0.1, -0.05) is 0 Å². The zero-order valence-corrected chi connectivity index (χ0v) is 15.1. The van der Waals surface area contributed by atoms with Crippen LogP contribution in [0.5, 0.6) is 5.75 Å². The van der Waals surface area contributed by atoms with E-state index in [0.717, 1.165) is 13.1 Å². The number of carbonyl (C=O) groups excluding carboxylic acids is 1. The van der Waals surface area contributed by atoms with Gasteiger partial charge in [-0.2, -0.15) is 0 Å². The van der Waals surface area contributed by atoms with E-state index in [0.29, 0.717) is 42.4 Å². The molecule has 0 spiro atoms. The number of piperazine rings is 1. The van der Waals surface area contributed by atoms with Gasteiger partial charge in [-0.3, -0.25) is 14.9 Å². The van der Waals surface area contributed by atoms with Gasteiger partial charge in [0.05, 0.1) is 11.5 Å². The summed E-state index contributed by atoms with van der Waals surface area (Å²) in [6.07, 6.45) is 0. The van der Waals surface area contributed by atoms with Crippen LogP contribution in [-0.4, -0.2) is 43.6 Å². The minimum Gasteiger partial charge on any atom is -0.494 e. The zero-order chi connectivity index (χ0) is 19.2. The summed E-state index contributed by atoms with van der Waals surface area (Å²) in [5.74, 6) is 0.354. The third-order valence-electron chi connectivity index (χ3n) is 4.32. The molecule has 0 atom stereocenters. The number of benzene rings is 2. The van der Waals surface area contributed by atoms with Crippen molar-refractivity contribution >= 4 is 23.0 Å². The monoisotopic (exact) mass is 370 g/mol.